The molecule has 1 atom stereocenters. The quantitative estimate of drug-likeness (QED) is 0.644. The molecule has 0 radical (unpaired) electrons. The van der Waals surface area contributed by atoms with Crippen LogP contribution in [0, 0.1) is 6.92 Å². The summed E-state index contributed by atoms with van der Waals surface area (Å²) in [5.41, 5.74) is 0.633. The summed E-state index contributed by atoms with van der Waals surface area (Å²) in [5, 5.41) is 17.7. The number of aryl methyl sites for hydroxylation is 1. The van der Waals surface area contributed by atoms with Crippen LogP contribution in [0.3, 0.4) is 0 Å². The van der Waals surface area contributed by atoms with E-state index in [0.717, 1.165) is 0 Å². The molecule has 1 aromatic rings. The van der Waals surface area contributed by atoms with Crippen LogP contribution in [0.1, 0.15) is 18.9 Å². The molecular weight excluding hydrogens is 298 g/mol. The van der Waals surface area contributed by atoms with Crippen molar-refractivity contribution in [1.29, 1.82) is 0 Å². The van der Waals surface area contributed by atoms with E-state index in [9.17, 15) is 13.2 Å². The standard InChI is InChI=1S/C13H19NO6S/c1-3-20-12-5-4-10(8-9(12)2)21(18,19)14-11(6-7-15)13(16)17/h4-5,8,11,14-15H,3,6-7H2,1-2H3,(H,16,17)/t11-/m0/s1. The number of aliphatic hydroxyl groups excluding tert-OH is 1. The number of aliphatic carboxylic acids is 1. The zero-order chi connectivity index (χ0) is 16.0. The average molecular weight is 317 g/mol. The van der Waals surface area contributed by atoms with Gasteiger partial charge in [-0.05, 0) is 44.0 Å². The van der Waals surface area contributed by atoms with E-state index in [-0.39, 0.29) is 11.3 Å². The van der Waals surface area contributed by atoms with Crippen molar-refractivity contribution < 1.29 is 28.2 Å². The highest BCUT2D eigenvalue weighted by Crippen LogP contribution is 2.22. The number of benzene rings is 1. The van der Waals surface area contributed by atoms with Gasteiger partial charge >= 0.3 is 5.97 Å². The first-order valence-corrected chi connectivity index (χ1v) is 7.89. The highest BCUT2D eigenvalue weighted by atomic mass is 32.2. The Kier molecular flexibility index (Phi) is 6.13. The Hall–Kier alpha value is -1.64. The lowest BCUT2D eigenvalue weighted by atomic mass is 10.2. The highest BCUT2D eigenvalue weighted by molar-refractivity contribution is 7.89. The van der Waals surface area contributed by atoms with Gasteiger partial charge in [0.2, 0.25) is 10.0 Å². The van der Waals surface area contributed by atoms with Gasteiger partial charge in [-0.1, -0.05) is 0 Å². The van der Waals surface area contributed by atoms with Gasteiger partial charge in [0.1, 0.15) is 11.8 Å². The third-order valence-corrected chi connectivity index (χ3v) is 4.24. The SMILES string of the molecule is CCOc1ccc(S(=O)(=O)N[C@@H](CCO)C(=O)O)cc1C. The number of carboxylic acids is 1. The molecule has 0 aliphatic carbocycles. The smallest absolute Gasteiger partial charge is 0.321 e. The molecule has 0 amide bonds. The van der Waals surface area contributed by atoms with E-state index in [2.05, 4.69) is 4.72 Å². The predicted molar refractivity (Wildman–Crippen MR) is 75.8 cm³/mol. The number of ether oxygens (including phenoxy) is 1. The van der Waals surface area contributed by atoms with Crippen molar-refractivity contribution >= 4 is 16.0 Å². The van der Waals surface area contributed by atoms with Crippen LogP contribution in [0.4, 0.5) is 0 Å². The Labute approximate surface area is 123 Å². The third-order valence-electron chi connectivity index (χ3n) is 2.77. The fourth-order valence-corrected chi connectivity index (χ4v) is 3.03. The van der Waals surface area contributed by atoms with Gasteiger partial charge in [0.25, 0.3) is 0 Å². The van der Waals surface area contributed by atoms with Crippen molar-refractivity contribution in [3.8, 4) is 5.75 Å². The van der Waals surface area contributed by atoms with E-state index >= 15 is 0 Å². The molecule has 0 saturated carbocycles. The van der Waals surface area contributed by atoms with Crippen molar-refractivity contribution in [2.45, 2.75) is 31.2 Å². The van der Waals surface area contributed by atoms with Crippen LogP contribution in [-0.2, 0) is 14.8 Å². The number of hydrogen-bond acceptors (Lipinski definition) is 5. The second-order valence-corrected chi connectivity index (χ2v) is 6.10. The Bertz CT molecular complexity index is 599. The lowest BCUT2D eigenvalue weighted by Gasteiger charge is -2.15. The highest BCUT2D eigenvalue weighted by Gasteiger charge is 2.25. The van der Waals surface area contributed by atoms with Crippen LogP contribution in [0.15, 0.2) is 23.1 Å². The molecule has 0 aliphatic heterocycles. The van der Waals surface area contributed by atoms with E-state index in [0.29, 0.717) is 17.9 Å². The maximum atomic E-state index is 12.1. The molecule has 8 heteroatoms. The van der Waals surface area contributed by atoms with Crippen molar-refractivity contribution in [2.75, 3.05) is 13.2 Å². The van der Waals surface area contributed by atoms with E-state index in [1.54, 1.807) is 6.92 Å². The zero-order valence-corrected chi connectivity index (χ0v) is 12.7. The van der Waals surface area contributed by atoms with Crippen LogP contribution in [0.25, 0.3) is 0 Å². The van der Waals surface area contributed by atoms with Crippen molar-refractivity contribution in [1.82, 2.24) is 4.72 Å². The first-order valence-electron chi connectivity index (χ1n) is 6.41. The van der Waals surface area contributed by atoms with E-state index in [1.165, 1.54) is 18.2 Å². The summed E-state index contributed by atoms with van der Waals surface area (Å²) in [6, 6.07) is 2.91. The summed E-state index contributed by atoms with van der Waals surface area (Å²) in [5.74, 6) is -0.767. The Morgan fingerprint density at radius 1 is 1.43 bits per heavy atom. The molecule has 21 heavy (non-hydrogen) atoms. The van der Waals surface area contributed by atoms with Crippen LogP contribution >= 0.6 is 0 Å². The summed E-state index contributed by atoms with van der Waals surface area (Å²) in [6.07, 6.45) is -0.204. The summed E-state index contributed by atoms with van der Waals surface area (Å²) < 4.78 is 31.7. The van der Waals surface area contributed by atoms with Crippen LogP contribution in [0.5, 0.6) is 5.75 Å². The minimum absolute atomic E-state index is 0.0485. The van der Waals surface area contributed by atoms with Gasteiger partial charge in [0.15, 0.2) is 0 Å². The number of rotatable bonds is 8. The monoisotopic (exact) mass is 317 g/mol. The molecule has 0 unspecified atom stereocenters. The van der Waals surface area contributed by atoms with Gasteiger partial charge in [0, 0.05) is 6.61 Å². The van der Waals surface area contributed by atoms with Crippen molar-refractivity contribution in [2.24, 2.45) is 0 Å². The predicted octanol–water partition coefficient (Wildman–Crippen LogP) is 0.508. The number of hydrogen-bond donors (Lipinski definition) is 3. The molecule has 0 saturated heterocycles. The summed E-state index contributed by atoms with van der Waals surface area (Å²) in [7, 11) is -3.98. The molecule has 1 aromatic carbocycles. The normalized spacial score (nSPS) is 12.9. The first-order chi connectivity index (χ1) is 9.81. The minimum atomic E-state index is -3.98. The number of aliphatic hydroxyl groups is 1. The van der Waals surface area contributed by atoms with Gasteiger partial charge in [-0.3, -0.25) is 4.79 Å². The Balaban J connectivity index is 3.02. The topological polar surface area (TPSA) is 113 Å². The number of sulfonamides is 1. The fourth-order valence-electron chi connectivity index (χ4n) is 1.72. The van der Waals surface area contributed by atoms with E-state index in [1.807, 2.05) is 6.92 Å². The molecule has 0 bridgehead atoms. The third kappa shape index (κ3) is 4.69. The van der Waals surface area contributed by atoms with Gasteiger partial charge in [0.05, 0.1) is 11.5 Å². The summed E-state index contributed by atoms with van der Waals surface area (Å²) in [4.78, 5) is 10.9. The molecule has 7 nitrogen and oxygen atoms in total. The molecule has 1 rings (SSSR count). The molecule has 3 N–H and O–H groups in total. The van der Waals surface area contributed by atoms with E-state index < -0.39 is 28.6 Å². The van der Waals surface area contributed by atoms with Gasteiger partial charge in [-0.25, -0.2) is 8.42 Å². The molecule has 0 aromatic heterocycles. The fraction of sp³-hybridized carbons (Fsp3) is 0.462. The maximum Gasteiger partial charge on any atom is 0.321 e. The number of carbonyl (C=O) groups is 1. The lowest BCUT2D eigenvalue weighted by Crippen LogP contribution is -2.41. The van der Waals surface area contributed by atoms with Gasteiger partial charge in [-0.15, -0.1) is 0 Å². The minimum Gasteiger partial charge on any atom is -0.494 e. The zero-order valence-electron chi connectivity index (χ0n) is 11.9. The molecule has 0 aliphatic rings. The van der Waals surface area contributed by atoms with E-state index in [4.69, 9.17) is 14.9 Å². The summed E-state index contributed by atoms with van der Waals surface area (Å²) >= 11 is 0. The molecular formula is C13H19NO6S. The Morgan fingerprint density at radius 3 is 2.57 bits per heavy atom. The average Bonchev–Trinajstić information content (AvgIpc) is 2.40. The number of carboxylic acid groups (broad SMARTS) is 1. The first kappa shape index (κ1) is 17.4. The molecule has 0 spiro atoms. The summed E-state index contributed by atoms with van der Waals surface area (Å²) in [6.45, 7) is 3.55. The van der Waals surface area contributed by atoms with Crippen LogP contribution in [0.2, 0.25) is 0 Å². The van der Waals surface area contributed by atoms with Gasteiger partial charge in [-0.2, -0.15) is 4.72 Å². The van der Waals surface area contributed by atoms with Crippen molar-refractivity contribution in [3.05, 3.63) is 23.8 Å². The van der Waals surface area contributed by atoms with Crippen LogP contribution in [-0.4, -0.2) is 43.9 Å². The van der Waals surface area contributed by atoms with Crippen LogP contribution < -0.4 is 9.46 Å². The lowest BCUT2D eigenvalue weighted by molar-refractivity contribution is -0.139. The molecule has 0 heterocycles. The molecule has 0 fully saturated rings. The Morgan fingerprint density at radius 2 is 2.10 bits per heavy atom. The second kappa shape index (κ2) is 7.39. The maximum absolute atomic E-state index is 12.1. The number of nitrogens with one attached hydrogen (secondary N) is 1. The van der Waals surface area contributed by atoms with Gasteiger partial charge < -0.3 is 14.9 Å². The van der Waals surface area contributed by atoms with Crippen molar-refractivity contribution in [3.63, 3.8) is 0 Å². The molecule has 118 valence electrons. The largest absolute Gasteiger partial charge is 0.494 e. The second-order valence-electron chi connectivity index (χ2n) is 4.38.